The Hall–Kier alpha value is -0.480. The van der Waals surface area contributed by atoms with Crippen LogP contribution in [-0.4, -0.2) is 36.0 Å². The Morgan fingerprint density at radius 2 is 2.17 bits per heavy atom. The second-order valence-electron chi connectivity index (χ2n) is 2.49. The van der Waals surface area contributed by atoms with E-state index in [-0.39, 0.29) is 18.6 Å². The van der Waals surface area contributed by atoms with Gasteiger partial charge < -0.3 is 14.6 Å². The van der Waals surface area contributed by atoms with Gasteiger partial charge in [-0.25, -0.2) is 4.79 Å². The van der Waals surface area contributed by atoms with Crippen LogP contribution in [0.5, 0.6) is 0 Å². The predicted molar refractivity (Wildman–Crippen MR) is 44.3 cm³/mol. The summed E-state index contributed by atoms with van der Waals surface area (Å²) in [4.78, 5) is 10.7. The smallest absolute Gasteiger partial charge is 0.432 e. The Morgan fingerprint density at radius 3 is 2.58 bits per heavy atom. The van der Waals surface area contributed by atoms with Crippen molar-refractivity contribution in [2.24, 2.45) is 0 Å². The standard InChI is InChI=1S/C7H13ClO4/c1-5(9)4-11-7(10)12-6(2)3-8/h5-6,9H,3-4H2,1-2H3. The summed E-state index contributed by atoms with van der Waals surface area (Å²) in [6.45, 7) is 3.10. The average molecular weight is 197 g/mol. The number of hydrogen-bond donors (Lipinski definition) is 1. The molecule has 0 aliphatic heterocycles. The molecule has 0 aliphatic rings. The Kier molecular flexibility index (Phi) is 5.84. The highest BCUT2D eigenvalue weighted by Crippen LogP contribution is 1.97. The van der Waals surface area contributed by atoms with Gasteiger partial charge in [-0.05, 0) is 13.8 Å². The molecule has 4 nitrogen and oxygen atoms in total. The van der Waals surface area contributed by atoms with Crippen molar-refractivity contribution in [2.45, 2.75) is 26.1 Å². The van der Waals surface area contributed by atoms with Gasteiger partial charge in [-0.2, -0.15) is 0 Å². The lowest BCUT2D eigenvalue weighted by Crippen LogP contribution is -2.21. The fraction of sp³-hybridized carbons (Fsp3) is 0.857. The number of rotatable bonds is 4. The fourth-order valence-corrected chi connectivity index (χ4v) is 0.481. The summed E-state index contributed by atoms with van der Waals surface area (Å²) in [5, 5.41) is 8.73. The number of aliphatic hydroxyl groups excluding tert-OH is 1. The zero-order valence-corrected chi connectivity index (χ0v) is 7.87. The molecule has 0 aromatic carbocycles. The highest BCUT2D eigenvalue weighted by molar-refractivity contribution is 6.18. The molecule has 0 aliphatic carbocycles. The molecule has 0 saturated carbocycles. The van der Waals surface area contributed by atoms with E-state index >= 15 is 0 Å². The summed E-state index contributed by atoms with van der Waals surface area (Å²) >= 11 is 5.38. The summed E-state index contributed by atoms with van der Waals surface area (Å²) in [6, 6.07) is 0. The number of carbonyl (C=O) groups excluding carboxylic acids is 1. The van der Waals surface area contributed by atoms with Crippen LogP contribution in [-0.2, 0) is 9.47 Å². The number of alkyl halides is 1. The molecule has 0 spiro atoms. The second kappa shape index (κ2) is 6.08. The van der Waals surface area contributed by atoms with Crippen LogP contribution in [0, 0.1) is 0 Å². The minimum atomic E-state index is -0.802. The lowest BCUT2D eigenvalue weighted by molar-refractivity contribution is 0.0102. The molecule has 5 heteroatoms. The normalized spacial score (nSPS) is 15.0. The molecule has 0 bridgehead atoms. The molecule has 0 fully saturated rings. The first kappa shape index (κ1) is 11.5. The molecule has 2 unspecified atom stereocenters. The second-order valence-corrected chi connectivity index (χ2v) is 2.80. The van der Waals surface area contributed by atoms with Crippen LogP contribution in [0.3, 0.4) is 0 Å². The molecule has 0 aromatic rings. The molecule has 72 valence electrons. The molecule has 1 N–H and O–H groups in total. The third kappa shape index (κ3) is 6.24. The van der Waals surface area contributed by atoms with Gasteiger partial charge in [-0.3, -0.25) is 0 Å². The monoisotopic (exact) mass is 196 g/mol. The first-order chi connectivity index (χ1) is 5.56. The summed E-state index contributed by atoms with van der Waals surface area (Å²) < 4.78 is 9.15. The van der Waals surface area contributed by atoms with E-state index in [0.29, 0.717) is 0 Å². The molecule has 0 saturated heterocycles. The molecular formula is C7H13ClO4. The third-order valence-electron chi connectivity index (χ3n) is 0.957. The number of halogens is 1. The lowest BCUT2D eigenvalue weighted by Gasteiger charge is -2.10. The van der Waals surface area contributed by atoms with E-state index in [1.165, 1.54) is 6.92 Å². The van der Waals surface area contributed by atoms with Gasteiger partial charge in [0.25, 0.3) is 0 Å². The first-order valence-corrected chi connectivity index (χ1v) is 4.17. The quantitative estimate of drug-likeness (QED) is 0.541. The van der Waals surface area contributed by atoms with E-state index in [9.17, 15) is 4.79 Å². The largest absolute Gasteiger partial charge is 0.508 e. The van der Waals surface area contributed by atoms with Crippen LogP contribution in [0.25, 0.3) is 0 Å². The van der Waals surface area contributed by atoms with Crippen LogP contribution in [0.2, 0.25) is 0 Å². The van der Waals surface area contributed by atoms with Crippen molar-refractivity contribution in [3.63, 3.8) is 0 Å². The summed E-state index contributed by atoms with van der Waals surface area (Å²) in [5.74, 6) is 0.226. The maximum absolute atomic E-state index is 10.7. The van der Waals surface area contributed by atoms with Crippen molar-refractivity contribution in [3.8, 4) is 0 Å². The van der Waals surface area contributed by atoms with E-state index in [0.717, 1.165) is 0 Å². The minimum Gasteiger partial charge on any atom is -0.432 e. The zero-order valence-electron chi connectivity index (χ0n) is 7.12. The molecule has 12 heavy (non-hydrogen) atoms. The van der Waals surface area contributed by atoms with Gasteiger partial charge in [-0.1, -0.05) is 0 Å². The van der Waals surface area contributed by atoms with Crippen LogP contribution < -0.4 is 0 Å². The van der Waals surface area contributed by atoms with Crippen LogP contribution in [0.1, 0.15) is 13.8 Å². The predicted octanol–water partition coefficient (Wildman–Crippen LogP) is 1.15. The average Bonchev–Trinajstić information content (AvgIpc) is 2.00. The Bertz CT molecular complexity index is 137. The highest BCUT2D eigenvalue weighted by Gasteiger charge is 2.09. The molecule has 0 rings (SSSR count). The van der Waals surface area contributed by atoms with E-state index < -0.39 is 12.3 Å². The number of aliphatic hydroxyl groups is 1. The zero-order chi connectivity index (χ0) is 9.56. The Labute approximate surface area is 76.4 Å². The molecule has 0 aromatic heterocycles. The topological polar surface area (TPSA) is 55.8 Å². The van der Waals surface area contributed by atoms with Gasteiger partial charge in [0.1, 0.15) is 12.7 Å². The van der Waals surface area contributed by atoms with Crippen molar-refractivity contribution in [1.82, 2.24) is 0 Å². The van der Waals surface area contributed by atoms with Crippen molar-refractivity contribution >= 4 is 17.8 Å². The van der Waals surface area contributed by atoms with Gasteiger partial charge in [0.2, 0.25) is 0 Å². The maximum Gasteiger partial charge on any atom is 0.508 e. The number of hydrogen-bond acceptors (Lipinski definition) is 4. The van der Waals surface area contributed by atoms with Crippen molar-refractivity contribution in [2.75, 3.05) is 12.5 Å². The van der Waals surface area contributed by atoms with Gasteiger partial charge in [0.05, 0.1) is 12.0 Å². The molecule has 2 atom stereocenters. The molecule has 0 radical (unpaired) electrons. The molecule has 0 amide bonds. The highest BCUT2D eigenvalue weighted by atomic mass is 35.5. The maximum atomic E-state index is 10.7. The first-order valence-electron chi connectivity index (χ1n) is 3.63. The van der Waals surface area contributed by atoms with E-state index in [4.69, 9.17) is 16.7 Å². The van der Waals surface area contributed by atoms with Crippen molar-refractivity contribution in [3.05, 3.63) is 0 Å². The van der Waals surface area contributed by atoms with Crippen molar-refractivity contribution < 1.29 is 19.4 Å². The van der Waals surface area contributed by atoms with Crippen molar-refractivity contribution in [1.29, 1.82) is 0 Å². The van der Waals surface area contributed by atoms with E-state index in [2.05, 4.69) is 9.47 Å². The SMILES string of the molecule is CC(O)COC(=O)OC(C)CCl. The van der Waals surface area contributed by atoms with Gasteiger partial charge >= 0.3 is 6.16 Å². The Balaban J connectivity index is 3.46. The van der Waals surface area contributed by atoms with Crippen LogP contribution >= 0.6 is 11.6 Å². The lowest BCUT2D eigenvalue weighted by atomic mass is 10.4. The van der Waals surface area contributed by atoms with Crippen LogP contribution in [0.4, 0.5) is 4.79 Å². The van der Waals surface area contributed by atoms with Crippen LogP contribution in [0.15, 0.2) is 0 Å². The number of carbonyl (C=O) groups is 1. The minimum absolute atomic E-state index is 0.0617. The van der Waals surface area contributed by atoms with E-state index in [1.54, 1.807) is 6.92 Å². The Morgan fingerprint density at radius 1 is 1.58 bits per heavy atom. The third-order valence-corrected chi connectivity index (χ3v) is 1.39. The van der Waals surface area contributed by atoms with Gasteiger partial charge in [0.15, 0.2) is 0 Å². The van der Waals surface area contributed by atoms with Gasteiger partial charge in [-0.15, -0.1) is 11.6 Å². The van der Waals surface area contributed by atoms with Gasteiger partial charge in [0, 0.05) is 0 Å². The summed E-state index contributed by atoms with van der Waals surface area (Å²) in [7, 11) is 0. The fourth-order valence-electron chi connectivity index (χ4n) is 0.418. The summed E-state index contributed by atoms with van der Waals surface area (Å²) in [5.41, 5.74) is 0. The summed E-state index contributed by atoms with van der Waals surface area (Å²) in [6.07, 6.45) is -1.85. The molecular weight excluding hydrogens is 184 g/mol. The number of ether oxygens (including phenoxy) is 2. The molecule has 0 heterocycles. The van der Waals surface area contributed by atoms with E-state index in [1.807, 2.05) is 0 Å².